The van der Waals surface area contributed by atoms with Crippen LogP contribution in [0.25, 0.3) is 0 Å². The first kappa shape index (κ1) is 14.2. The molecule has 0 spiro atoms. The molecule has 0 bridgehead atoms. The average Bonchev–Trinajstić information content (AvgIpc) is 2.25. The molecule has 2 unspecified atom stereocenters. The van der Waals surface area contributed by atoms with Gasteiger partial charge in [-0.05, 0) is 18.8 Å². The Morgan fingerprint density at radius 2 is 1.33 bits per heavy atom. The van der Waals surface area contributed by atoms with Crippen molar-refractivity contribution in [3.8, 4) is 0 Å². The van der Waals surface area contributed by atoms with Crippen molar-refractivity contribution in [2.45, 2.75) is 49.0 Å². The average molecular weight is 298 g/mol. The van der Waals surface area contributed by atoms with Crippen molar-refractivity contribution in [1.82, 2.24) is 0 Å². The summed E-state index contributed by atoms with van der Waals surface area (Å²) < 4.78 is 62.9. The highest BCUT2D eigenvalue weighted by Gasteiger charge is 2.62. The van der Waals surface area contributed by atoms with Crippen LogP contribution >= 0.6 is 0 Å². The number of fused-ring (bicyclic) bond motifs is 1. The zero-order valence-electron chi connectivity index (χ0n) is 9.95. The van der Waals surface area contributed by atoms with Crippen LogP contribution in [0.4, 0.5) is 0 Å². The first-order valence-corrected chi connectivity index (χ1v) is 9.02. The van der Waals surface area contributed by atoms with Gasteiger partial charge in [0, 0.05) is 5.92 Å². The summed E-state index contributed by atoms with van der Waals surface area (Å²) in [5, 5.41) is 0. The fourth-order valence-electron chi connectivity index (χ4n) is 3.70. The Morgan fingerprint density at radius 1 is 0.833 bits per heavy atom. The molecule has 18 heavy (non-hydrogen) atoms. The predicted octanol–water partition coefficient (Wildman–Crippen LogP) is 1.45. The Morgan fingerprint density at radius 3 is 1.89 bits per heavy atom. The minimum absolute atomic E-state index is 0.0450. The van der Waals surface area contributed by atoms with E-state index in [0.717, 1.165) is 25.7 Å². The van der Waals surface area contributed by atoms with Crippen LogP contribution in [0.5, 0.6) is 0 Å². The lowest BCUT2D eigenvalue weighted by Gasteiger charge is -2.45. The minimum Gasteiger partial charge on any atom is -0.284 e. The lowest BCUT2D eigenvalue weighted by atomic mass is 9.70. The maximum absolute atomic E-state index is 11.6. The molecule has 2 rings (SSSR count). The quantitative estimate of drug-likeness (QED) is 0.747. The molecule has 8 heteroatoms. The van der Waals surface area contributed by atoms with Gasteiger partial charge in [-0.25, -0.2) is 0 Å². The molecular formula is C10H18O6S2. The summed E-state index contributed by atoms with van der Waals surface area (Å²) >= 11 is 0. The van der Waals surface area contributed by atoms with Crippen molar-refractivity contribution in [2.24, 2.45) is 11.8 Å². The molecule has 106 valence electrons. The van der Waals surface area contributed by atoms with Gasteiger partial charge in [0.05, 0.1) is 0 Å². The molecule has 0 saturated heterocycles. The topological polar surface area (TPSA) is 109 Å². The molecule has 0 amide bonds. The van der Waals surface area contributed by atoms with Crippen LogP contribution < -0.4 is 0 Å². The maximum Gasteiger partial charge on any atom is 0.288 e. The van der Waals surface area contributed by atoms with Crippen LogP contribution in [-0.2, 0) is 20.2 Å². The smallest absolute Gasteiger partial charge is 0.284 e. The highest BCUT2D eigenvalue weighted by molar-refractivity contribution is 8.05. The Hall–Kier alpha value is -0.180. The molecule has 0 heterocycles. The van der Waals surface area contributed by atoms with E-state index in [2.05, 4.69) is 0 Å². The second-order valence-electron chi connectivity index (χ2n) is 5.31. The van der Waals surface area contributed by atoms with Crippen molar-refractivity contribution in [3.05, 3.63) is 0 Å². The fraction of sp³-hybridized carbons (Fsp3) is 1.00. The van der Waals surface area contributed by atoms with Gasteiger partial charge in [0.2, 0.25) is 4.08 Å². The second kappa shape index (κ2) is 4.43. The van der Waals surface area contributed by atoms with Gasteiger partial charge < -0.3 is 0 Å². The van der Waals surface area contributed by atoms with Crippen molar-refractivity contribution in [1.29, 1.82) is 0 Å². The van der Waals surface area contributed by atoms with Gasteiger partial charge in [-0.1, -0.05) is 32.1 Å². The lowest BCUT2D eigenvalue weighted by molar-refractivity contribution is 0.146. The summed E-state index contributed by atoms with van der Waals surface area (Å²) in [6.07, 6.45) is 3.79. The third-order valence-electron chi connectivity index (χ3n) is 4.45. The molecule has 2 saturated carbocycles. The van der Waals surface area contributed by atoms with Gasteiger partial charge in [-0.2, -0.15) is 16.8 Å². The molecule has 0 radical (unpaired) electrons. The van der Waals surface area contributed by atoms with Gasteiger partial charge in [0.1, 0.15) is 0 Å². The minimum atomic E-state index is -4.85. The van der Waals surface area contributed by atoms with Gasteiger partial charge in [0.25, 0.3) is 20.2 Å². The molecule has 2 fully saturated rings. The van der Waals surface area contributed by atoms with Crippen molar-refractivity contribution >= 4 is 20.2 Å². The zero-order chi connectivity index (χ0) is 13.6. The predicted molar refractivity (Wildman–Crippen MR) is 65.1 cm³/mol. The highest BCUT2D eigenvalue weighted by Crippen LogP contribution is 2.51. The number of hydrogen-bond acceptors (Lipinski definition) is 4. The molecular weight excluding hydrogens is 280 g/mol. The van der Waals surface area contributed by atoms with Crippen LogP contribution in [0.15, 0.2) is 0 Å². The van der Waals surface area contributed by atoms with E-state index in [9.17, 15) is 25.9 Å². The third-order valence-corrected chi connectivity index (χ3v) is 8.47. The SMILES string of the molecule is O=S(=O)(O)C1(S(=O)(=O)O)CCCC2CCCCC21. The lowest BCUT2D eigenvalue weighted by Crippen LogP contribution is -2.56. The summed E-state index contributed by atoms with van der Waals surface area (Å²) in [4.78, 5) is 0. The van der Waals surface area contributed by atoms with E-state index in [0.29, 0.717) is 12.8 Å². The fourth-order valence-corrected chi connectivity index (χ4v) is 6.96. The van der Waals surface area contributed by atoms with Crippen molar-refractivity contribution in [3.63, 3.8) is 0 Å². The van der Waals surface area contributed by atoms with Crippen LogP contribution in [0.2, 0.25) is 0 Å². The number of rotatable bonds is 2. The normalized spacial score (nSPS) is 32.8. The van der Waals surface area contributed by atoms with Crippen molar-refractivity contribution in [2.75, 3.05) is 0 Å². The zero-order valence-corrected chi connectivity index (χ0v) is 11.6. The van der Waals surface area contributed by atoms with E-state index in [1.165, 1.54) is 0 Å². The van der Waals surface area contributed by atoms with Crippen LogP contribution in [0.1, 0.15) is 44.9 Å². The standard InChI is InChI=1S/C10H18O6S2/c11-17(12,13)10(18(14,15)16)7-3-5-8-4-1-2-6-9(8)10/h8-9H,1-7H2,(H,11,12,13)(H,14,15,16). The molecule has 0 aromatic carbocycles. The molecule has 2 N–H and O–H groups in total. The van der Waals surface area contributed by atoms with E-state index in [4.69, 9.17) is 0 Å². The second-order valence-corrected chi connectivity index (χ2v) is 8.92. The summed E-state index contributed by atoms with van der Waals surface area (Å²) in [5.41, 5.74) is 0. The first-order chi connectivity index (χ1) is 8.20. The third kappa shape index (κ3) is 1.99. The van der Waals surface area contributed by atoms with E-state index < -0.39 is 30.2 Å². The Balaban J connectivity index is 2.59. The molecule has 6 nitrogen and oxygen atoms in total. The Bertz CT molecular complexity index is 487. The van der Waals surface area contributed by atoms with Gasteiger partial charge >= 0.3 is 0 Å². The monoisotopic (exact) mass is 298 g/mol. The summed E-state index contributed by atoms with van der Waals surface area (Å²) in [6.45, 7) is 0. The van der Waals surface area contributed by atoms with Gasteiger partial charge in [-0.15, -0.1) is 0 Å². The van der Waals surface area contributed by atoms with Crippen LogP contribution in [-0.4, -0.2) is 30.0 Å². The van der Waals surface area contributed by atoms with Gasteiger partial charge in [0.15, 0.2) is 0 Å². The highest BCUT2D eigenvalue weighted by atomic mass is 32.3. The molecule has 0 aromatic heterocycles. The van der Waals surface area contributed by atoms with Crippen LogP contribution in [0.3, 0.4) is 0 Å². The Kier molecular flexibility index (Phi) is 3.50. The van der Waals surface area contributed by atoms with Crippen LogP contribution in [0, 0.1) is 11.8 Å². The molecule has 0 aliphatic heterocycles. The summed E-state index contributed by atoms with van der Waals surface area (Å²) in [5.74, 6) is -0.735. The summed E-state index contributed by atoms with van der Waals surface area (Å²) in [6, 6.07) is 0. The van der Waals surface area contributed by atoms with E-state index >= 15 is 0 Å². The summed E-state index contributed by atoms with van der Waals surface area (Å²) in [7, 11) is -9.71. The molecule has 2 aliphatic rings. The number of hydrogen-bond donors (Lipinski definition) is 2. The van der Waals surface area contributed by atoms with E-state index in [-0.39, 0.29) is 12.3 Å². The molecule has 2 aliphatic carbocycles. The molecule has 0 aromatic rings. The van der Waals surface area contributed by atoms with E-state index in [1.807, 2.05) is 0 Å². The Labute approximate surface area is 107 Å². The molecule has 2 atom stereocenters. The van der Waals surface area contributed by atoms with Gasteiger partial charge in [-0.3, -0.25) is 9.11 Å². The largest absolute Gasteiger partial charge is 0.288 e. The van der Waals surface area contributed by atoms with E-state index in [1.54, 1.807) is 0 Å². The first-order valence-electron chi connectivity index (χ1n) is 6.14. The maximum atomic E-state index is 11.6. The van der Waals surface area contributed by atoms with Crippen molar-refractivity contribution < 1.29 is 25.9 Å².